The first-order valence-electron chi connectivity index (χ1n) is 5.74. The van der Waals surface area contributed by atoms with Gasteiger partial charge in [0.25, 0.3) is 0 Å². The summed E-state index contributed by atoms with van der Waals surface area (Å²) in [4.78, 5) is 4.30. The predicted octanol–water partition coefficient (Wildman–Crippen LogP) is 1.12. The molecule has 0 bridgehead atoms. The number of rotatable bonds is 5. The van der Waals surface area contributed by atoms with Gasteiger partial charge in [0.15, 0.2) is 0 Å². The lowest BCUT2D eigenvalue weighted by molar-refractivity contribution is 0.0872. The molecule has 1 atom stereocenters. The number of nitrogens with zero attached hydrogens (tertiary/aromatic N) is 2. The minimum absolute atomic E-state index is 0.387. The monoisotopic (exact) mass is 225 g/mol. The van der Waals surface area contributed by atoms with Crippen molar-refractivity contribution in [3.63, 3.8) is 0 Å². The average molecular weight is 225 g/mol. The molecule has 2 rings (SSSR count). The number of hydrogen-bond acceptors (Lipinski definition) is 4. The molecular formula is C11H19N3O2. The topological polar surface area (TPSA) is 48.3 Å². The van der Waals surface area contributed by atoms with Gasteiger partial charge in [-0.1, -0.05) is 0 Å². The molecule has 1 fully saturated rings. The van der Waals surface area contributed by atoms with Crippen molar-refractivity contribution >= 4 is 5.95 Å². The van der Waals surface area contributed by atoms with E-state index >= 15 is 0 Å². The Morgan fingerprint density at radius 1 is 1.69 bits per heavy atom. The van der Waals surface area contributed by atoms with Crippen LogP contribution in [0, 0.1) is 0 Å². The van der Waals surface area contributed by atoms with Gasteiger partial charge in [-0.25, -0.2) is 4.98 Å². The fourth-order valence-corrected chi connectivity index (χ4v) is 1.86. The molecule has 1 N–H and O–H groups in total. The zero-order valence-corrected chi connectivity index (χ0v) is 9.69. The molecule has 1 aromatic rings. The van der Waals surface area contributed by atoms with E-state index in [2.05, 4.69) is 14.9 Å². The highest BCUT2D eigenvalue weighted by Gasteiger charge is 2.15. The van der Waals surface area contributed by atoms with Gasteiger partial charge in [0.2, 0.25) is 5.95 Å². The molecule has 0 saturated carbocycles. The summed E-state index contributed by atoms with van der Waals surface area (Å²) in [5.41, 5.74) is 0. The van der Waals surface area contributed by atoms with E-state index in [1.807, 2.05) is 12.4 Å². The van der Waals surface area contributed by atoms with Crippen LogP contribution in [0.3, 0.4) is 0 Å². The van der Waals surface area contributed by atoms with E-state index in [1.165, 1.54) is 0 Å². The maximum atomic E-state index is 5.43. The van der Waals surface area contributed by atoms with E-state index in [1.54, 1.807) is 7.11 Å². The zero-order valence-electron chi connectivity index (χ0n) is 9.69. The molecule has 16 heavy (non-hydrogen) atoms. The number of hydrogen-bond donors (Lipinski definition) is 1. The van der Waals surface area contributed by atoms with Crippen LogP contribution in [0.4, 0.5) is 5.95 Å². The van der Waals surface area contributed by atoms with Crippen LogP contribution in [0.15, 0.2) is 12.4 Å². The van der Waals surface area contributed by atoms with Gasteiger partial charge < -0.3 is 19.4 Å². The number of nitrogens with one attached hydrogen (secondary N) is 1. The van der Waals surface area contributed by atoms with Crippen LogP contribution in [0.5, 0.6) is 0 Å². The first-order chi connectivity index (χ1) is 7.90. The Labute approximate surface area is 95.8 Å². The number of anilines is 1. The normalized spacial score (nSPS) is 20.9. The fraction of sp³-hybridized carbons (Fsp3) is 0.727. The Bertz CT molecular complexity index is 308. The Kier molecular flexibility index (Phi) is 4.18. The minimum Gasteiger partial charge on any atom is -0.383 e. The number of ether oxygens (including phenoxy) is 2. The first-order valence-corrected chi connectivity index (χ1v) is 5.74. The van der Waals surface area contributed by atoms with Crippen molar-refractivity contribution in [2.75, 3.05) is 32.2 Å². The van der Waals surface area contributed by atoms with Gasteiger partial charge >= 0.3 is 0 Å². The van der Waals surface area contributed by atoms with E-state index < -0.39 is 0 Å². The molecule has 5 heteroatoms. The maximum absolute atomic E-state index is 5.43. The Hall–Kier alpha value is -1.07. The van der Waals surface area contributed by atoms with Gasteiger partial charge in [-0.05, 0) is 12.8 Å². The lowest BCUT2D eigenvalue weighted by Gasteiger charge is -2.23. The molecule has 1 aliphatic rings. The summed E-state index contributed by atoms with van der Waals surface area (Å²) in [5.74, 6) is 0.910. The van der Waals surface area contributed by atoms with E-state index in [9.17, 15) is 0 Å². The lowest BCUT2D eigenvalue weighted by atomic mass is 10.1. The van der Waals surface area contributed by atoms with Crippen molar-refractivity contribution in [2.24, 2.45) is 0 Å². The van der Waals surface area contributed by atoms with Gasteiger partial charge in [-0.2, -0.15) is 0 Å². The molecule has 0 radical (unpaired) electrons. The van der Waals surface area contributed by atoms with Crippen molar-refractivity contribution in [1.29, 1.82) is 0 Å². The molecular weight excluding hydrogens is 206 g/mol. The summed E-state index contributed by atoms with van der Waals surface area (Å²) in [6.07, 6.45) is 6.04. The summed E-state index contributed by atoms with van der Waals surface area (Å²) in [6.45, 7) is 3.19. The van der Waals surface area contributed by atoms with Crippen LogP contribution in [-0.2, 0) is 16.0 Å². The smallest absolute Gasteiger partial charge is 0.203 e. The van der Waals surface area contributed by atoms with Crippen molar-refractivity contribution < 1.29 is 9.47 Å². The second-order valence-corrected chi connectivity index (χ2v) is 4.00. The molecule has 0 amide bonds. The zero-order chi connectivity index (χ0) is 11.2. The predicted molar refractivity (Wildman–Crippen MR) is 61.6 cm³/mol. The van der Waals surface area contributed by atoms with Crippen molar-refractivity contribution in [2.45, 2.75) is 25.4 Å². The first kappa shape index (κ1) is 11.4. The van der Waals surface area contributed by atoms with E-state index in [0.29, 0.717) is 12.6 Å². The molecule has 1 aromatic heterocycles. The van der Waals surface area contributed by atoms with Crippen molar-refractivity contribution in [1.82, 2.24) is 9.55 Å². The third-order valence-corrected chi connectivity index (χ3v) is 2.75. The van der Waals surface area contributed by atoms with Crippen LogP contribution >= 0.6 is 0 Å². The second-order valence-electron chi connectivity index (χ2n) is 4.00. The van der Waals surface area contributed by atoms with Gasteiger partial charge in [-0.15, -0.1) is 0 Å². The Balaban J connectivity index is 1.89. The fourth-order valence-electron chi connectivity index (χ4n) is 1.86. The number of imidazole rings is 1. The SMILES string of the molecule is COCCn1ccnc1NC1CCCOC1. The lowest BCUT2D eigenvalue weighted by Crippen LogP contribution is -2.31. The number of methoxy groups -OCH3 is 1. The molecule has 1 aliphatic heterocycles. The van der Waals surface area contributed by atoms with Crippen LogP contribution in [-0.4, -0.2) is 42.5 Å². The molecule has 90 valence electrons. The molecule has 5 nitrogen and oxygen atoms in total. The molecule has 1 unspecified atom stereocenters. The summed E-state index contributed by atoms with van der Waals surface area (Å²) >= 11 is 0. The van der Waals surface area contributed by atoms with E-state index in [0.717, 1.165) is 38.5 Å². The highest BCUT2D eigenvalue weighted by Crippen LogP contribution is 2.12. The van der Waals surface area contributed by atoms with Crippen LogP contribution < -0.4 is 5.32 Å². The Morgan fingerprint density at radius 3 is 3.38 bits per heavy atom. The Morgan fingerprint density at radius 2 is 2.62 bits per heavy atom. The van der Waals surface area contributed by atoms with Crippen LogP contribution in [0.2, 0.25) is 0 Å². The summed E-state index contributed by atoms with van der Waals surface area (Å²) in [7, 11) is 1.71. The van der Waals surface area contributed by atoms with Crippen LogP contribution in [0.1, 0.15) is 12.8 Å². The van der Waals surface area contributed by atoms with Crippen molar-refractivity contribution in [3.05, 3.63) is 12.4 Å². The van der Waals surface area contributed by atoms with Crippen LogP contribution in [0.25, 0.3) is 0 Å². The molecule has 1 saturated heterocycles. The third kappa shape index (κ3) is 2.96. The maximum Gasteiger partial charge on any atom is 0.203 e. The standard InChI is InChI=1S/C11H19N3O2/c1-15-8-6-14-5-4-12-11(14)13-10-3-2-7-16-9-10/h4-5,10H,2-3,6-9H2,1H3,(H,12,13). The molecule has 2 heterocycles. The van der Waals surface area contributed by atoms with Gasteiger partial charge in [0.05, 0.1) is 19.3 Å². The molecule has 0 spiro atoms. The molecule has 0 aromatic carbocycles. The van der Waals surface area contributed by atoms with Crippen molar-refractivity contribution in [3.8, 4) is 0 Å². The quantitative estimate of drug-likeness (QED) is 0.815. The molecule has 0 aliphatic carbocycles. The van der Waals surface area contributed by atoms with Gasteiger partial charge in [-0.3, -0.25) is 0 Å². The van der Waals surface area contributed by atoms with Gasteiger partial charge in [0, 0.05) is 32.7 Å². The van der Waals surface area contributed by atoms with E-state index in [4.69, 9.17) is 9.47 Å². The largest absolute Gasteiger partial charge is 0.383 e. The highest BCUT2D eigenvalue weighted by molar-refractivity contribution is 5.27. The summed E-state index contributed by atoms with van der Waals surface area (Å²) in [5, 5.41) is 3.41. The third-order valence-electron chi connectivity index (χ3n) is 2.75. The summed E-state index contributed by atoms with van der Waals surface area (Å²) in [6, 6.07) is 0.387. The van der Waals surface area contributed by atoms with Gasteiger partial charge in [0.1, 0.15) is 0 Å². The number of aromatic nitrogens is 2. The highest BCUT2D eigenvalue weighted by atomic mass is 16.5. The van der Waals surface area contributed by atoms with E-state index in [-0.39, 0.29) is 0 Å². The second kappa shape index (κ2) is 5.86. The average Bonchev–Trinajstić information content (AvgIpc) is 2.75. The minimum atomic E-state index is 0.387. The summed E-state index contributed by atoms with van der Waals surface area (Å²) < 4.78 is 12.6.